The lowest BCUT2D eigenvalue weighted by atomic mass is 10.2. The Bertz CT molecular complexity index is 387. The molecule has 1 aromatic heterocycles. The van der Waals surface area contributed by atoms with Gasteiger partial charge in [-0.25, -0.2) is 0 Å². The highest BCUT2D eigenvalue weighted by Gasteiger charge is 2.08. The summed E-state index contributed by atoms with van der Waals surface area (Å²) in [6.45, 7) is 4.38. The Labute approximate surface area is 99.7 Å². The number of hydrogen-bond acceptors (Lipinski definition) is 4. The molecule has 1 aromatic rings. The smallest absolute Gasteiger partial charge is 0.306 e. The van der Waals surface area contributed by atoms with Crippen LogP contribution in [0.5, 0.6) is 0 Å². The van der Waals surface area contributed by atoms with Crippen LogP contribution < -0.4 is 5.32 Å². The third-order valence-electron chi connectivity index (χ3n) is 2.27. The molecular weight excluding hydrogens is 222 g/mol. The number of nitrogens with one attached hydrogen (secondary N) is 2. The van der Waals surface area contributed by atoms with Crippen LogP contribution >= 0.6 is 0 Å². The maximum absolute atomic E-state index is 11.4. The molecule has 6 heteroatoms. The molecule has 17 heavy (non-hydrogen) atoms. The maximum atomic E-state index is 11.4. The van der Waals surface area contributed by atoms with Crippen molar-refractivity contribution in [1.29, 1.82) is 0 Å². The van der Waals surface area contributed by atoms with E-state index in [4.69, 9.17) is 4.74 Å². The van der Waals surface area contributed by atoms with E-state index in [0.717, 1.165) is 11.3 Å². The second kappa shape index (κ2) is 6.67. The van der Waals surface area contributed by atoms with Gasteiger partial charge in [0.2, 0.25) is 5.91 Å². The van der Waals surface area contributed by atoms with Crippen LogP contribution in [0.15, 0.2) is 6.20 Å². The largest absolute Gasteiger partial charge is 0.466 e. The van der Waals surface area contributed by atoms with E-state index in [2.05, 4.69) is 15.5 Å². The molecule has 0 aromatic carbocycles. The fraction of sp³-hybridized carbons (Fsp3) is 0.545. The summed E-state index contributed by atoms with van der Waals surface area (Å²) in [5, 5.41) is 9.35. The van der Waals surface area contributed by atoms with Gasteiger partial charge in [0.15, 0.2) is 0 Å². The number of rotatable bonds is 6. The van der Waals surface area contributed by atoms with Crippen molar-refractivity contribution in [3.05, 3.63) is 17.5 Å². The standard InChI is InChI=1S/C11H17N3O3/c1-3-17-11(16)5-4-10(15)12-6-9-7-13-14-8(9)2/h7H,3-6H2,1-2H3,(H,12,15)(H,13,14). The van der Waals surface area contributed by atoms with Crippen molar-refractivity contribution in [2.45, 2.75) is 33.2 Å². The minimum Gasteiger partial charge on any atom is -0.466 e. The number of hydrogen-bond donors (Lipinski definition) is 2. The highest BCUT2D eigenvalue weighted by atomic mass is 16.5. The molecule has 0 aliphatic rings. The maximum Gasteiger partial charge on any atom is 0.306 e. The Balaban J connectivity index is 2.22. The average Bonchev–Trinajstić information content (AvgIpc) is 2.70. The van der Waals surface area contributed by atoms with Crippen molar-refractivity contribution >= 4 is 11.9 Å². The van der Waals surface area contributed by atoms with E-state index in [1.54, 1.807) is 13.1 Å². The zero-order chi connectivity index (χ0) is 12.7. The Morgan fingerprint density at radius 1 is 1.47 bits per heavy atom. The number of aromatic nitrogens is 2. The summed E-state index contributed by atoms with van der Waals surface area (Å²) in [6, 6.07) is 0. The Morgan fingerprint density at radius 2 is 2.24 bits per heavy atom. The summed E-state index contributed by atoms with van der Waals surface area (Å²) >= 11 is 0. The van der Waals surface area contributed by atoms with Gasteiger partial charge in [-0.3, -0.25) is 14.7 Å². The van der Waals surface area contributed by atoms with Crippen molar-refractivity contribution in [3.8, 4) is 0 Å². The molecule has 0 aliphatic heterocycles. The molecule has 1 heterocycles. The van der Waals surface area contributed by atoms with Gasteiger partial charge in [0.05, 0.1) is 19.2 Å². The Morgan fingerprint density at radius 3 is 2.82 bits per heavy atom. The second-order valence-corrected chi connectivity index (χ2v) is 3.60. The molecule has 6 nitrogen and oxygen atoms in total. The first-order valence-corrected chi connectivity index (χ1v) is 5.54. The van der Waals surface area contributed by atoms with Gasteiger partial charge in [-0.05, 0) is 13.8 Å². The molecule has 1 amide bonds. The molecule has 0 radical (unpaired) electrons. The number of carbonyl (C=O) groups excluding carboxylic acids is 2. The lowest BCUT2D eigenvalue weighted by Gasteiger charge is -2.04. The first-order valence-electron chi connectivity index (χ1n) is 5.54. The van der Waals surface area contributed by atoms with Crippen molar-refractivity contribution < 1.29 is 14.3 Å². The third kappa shape index (κ3) is 4.67. The topological polar surface area (TPSA) is 84.1 Å². The number of aryl methyl sites for hydroxylation is 1. The first kappa shape index (κ1) is 13.2. The van der Waals surface area contributed by atoms with Gasteiger partial charge in [-0.1, -0.05) is 0 Å². The molecule has 0 atom stereocenters. The number of carbonyl (C=O) groups is 2. The molecule has 0 unspecified atom stereocenters. The van der Waals surface area contributed by atoms with Crippen molar-refractivity contribution in [1.82, 2.24) is 15.5 Å². The summed E-state index contributed by atoms with van der Waals surface area (Å²) < 4.78 is 4.73. The van der Waals surface area contributed by atoms with E-state index in [9.17, 15) is 9.59 Å². The fourth-order valence-electron chi connectivity index (χ4n) is 1.28. The zero-order valence-electron chi connectivity index (χ0n) is 10.1. The minimum atomic E-state index is -0.345. The summed E-state index contributed by atoms with van der Waals surface area (Å²) in [5.74, 6) is -0.513. The second-order valence-electron chi connectivity index (χ2n) is 3.60. The zero-order valence-corrected chi connectivity index (χ0v) is 10.1. The molecule has 94 valence electrons. The lowest BCUT2D eigenvalue weighted by molar-refractivity contribution is -0.144. The van der Waals surface area contributed by atoms with Crippen LogP contribution in [0.1, 0.15) is 31.0 Å². The summed E-state index contributed by atoms with van der Waals surface area (Å²) in [5.41, 5.74) is 1.87. The number of nitrogens with zero attached hydrogens (tertiary/aromatic N) is 1. The summed E-state index contributed by atoms with van der Waals surface area (Å²) in [6.07, 6.45) is 1.93. The number of esters is 1. The van der Waals surface area contributed by atoms with Gasteiger partial charge in [-0.15, -0.1) is 0 Å². The van der Waals surface area contributed by atoms with Crippen LogP contribution in [0.4, 0.5) is 0 Å². The number of aromatic amines is 1. The lowest BCUT2D eigenvalue weighted by Crippen LogP contribution is -2.23. The van der Waals surface area contributed by atoms with Crippen molar-refractivity contribution in [3.63, 3.8) is 0 Å². The molecule has 2 N–H and O–H groups in total. The number of amides is 1. The van der Waals surface area contributed by atoms with Gasteiger partial charge in [-0.2, -0.15) is 5.10 Å². The Kier molecular flexibility index (Phi) is 5.19. The number of ether oxygens (including phenoxy) is 1. The molecule has 0 bridgehead atoms. The normalized spacial score (nSPS) is 10.0. The van der Waals surface area contributed by atoms with Crippen LogP contribution in [0.2, 0.25) is 0 Å². The van der Waals surface area contributed by atoms with E-state index < -0.39 is 0 Å². The van der Waals surface area contributed by atoms with Crippen molar-refractivity contribution in [2.75, 3.05) is 6.61 Å². The highest BCUT2D eigenvalue weighted by molar-refractivity contribution is 5.81. The average molecular weight is 239 g/mol. The minimum absolute atomic E-state index is 0.115. The van der Waals surface area contributed by atoms with Gasteiger partial charge >= 0.3 is 5.97 Å². The molecule has 0 aliphatic carbocycles. The van der Waals surface area contributed by atoms with Crippen molar-refractivity contribution in [2.24, 2.45) is 0 Å². The highest BCUT2D eigenvalue weighted by Crippen LogP contribution is 2.01. The SMILES string of the molecule is CCOC(=O)CCC(=O)NCc1cn[nH]c1C. The molecule has 0 saturated carbocycles. The first-order chi connectivity index (χ1) is 8.13. The molecule has 0 saturated heterocycles. The van der Waals surface area contributed by atoms with Crippen LogP contribution in [0, 0.1) is 6.92 Å². The fourth-order valence-corrected chi connectivity index (χ4v) is 1.28. The van der Waals surface area contributed by atoms with Gasteiger partial charge in [0, 0.05) is 24.2 Å². The number of H-pyrrole nitrogens is 1. The monoisotopic (exact) mass is 239 g/mol. The van der Waals surface area contributed by atoms with E-state index in [0.29, 0.717) is 13.2 Å². The third-order valence-corrected chi connectivity index (χ3v) is 2.27. The van der Waals surface area contributed by atoms with E-state index in [1.165, 1.54) is 0 Å². The van der Waals surface area contributed by atoms with Gasteiger partial charge in [0.1, 0.15) is 0 Å². The molecule has 1 rings (SSSR count). The summed E-state index contributed by atoms with van der Waals surface area (Å²) in [4.78, 5) is 22.4. The summed E-state index contributed by atoms with van der Waals surface area (Å²) in [7, 11) is 0. The predicted molar refractivity (Wildman–Crippen MR) is 61.0 cm³/mol. The van der Waals surface area contributed by atoms with E-state index in [-0.39, 0.29) is 24.7 Å². The quantitative estimate of drug-likeness (QED) is 0.715. The van der Waals surface area contributed by atoms with Gasteiger partial charge < -0.3 is 10.1 Å². The van der Waals surface area contributed by atoms with Crippen LogP contribution in [-0.2, 0) is 20.9 Å². The van der Waals surface area contributed by atoms with Crippen LogP contribution in [0.3, 0.4) is 0 Å². The molecule has 0 fully saturated rings. The Hall–Kier alpha value is -1.85. The predicted octanol–water partition coefficient (Wildman–Crippen LogP) is 0.678. The van der Waals surface area contributed by atoms with E-state index in [1.807, 2.05) is 6.92 Å². The van der Waals surface area contributed by atoms with E-state index >= 15 is 0 Å². The van der Waals surface area contributed by atoms with Crippen LogP contribution in [0.25, 0.3) is 0 Å². The van der Waals surface area contributed by atoms with Crippen LogP contribution in [-0.4, -0.2) is 28.7 Å². The molecule has 0 spiro atoms. The van der Waals surface area contributed by atoms with Gasteiger partial charge in [0.25, 0.3) is 0 Å². The molecular formula is C11H17N3O3.